The molecule has 2 aromatic carbocycles. The number of rotatable bonds is 16. The van der Waals surface area contributed by atoms with E-state index >= 15 is 13.2 Å². The Balaban J connectivity index is 1.04. The predicted octanol–water partition coefficient (Wildman–Crippen LogP) is 8.49. The van der Waals surface area contributed by atoms with Crippen molar-refractivity contribution in [1.29, 1.82) is 0 Å². The maximum Gasteiger partial charge on any atom is 0.351 e. The molecule has 396 valence electrons. The molecule has 2 amide bonds. The molecule has 2 aliphatic rings. The van der Waals surface area contributed by atoms with E-state index in [2.05, 4.69) is 20.5 Å². The number of H-pyrrole nitrogens is 1. The first kappa shape index (κ1) is 56.2. The smallest absolute Gasteiger partial charge is 0.351 e. The highest BCUT2D eigenvalue weighted by Gasteiger charge is 2.63. The Morgan fingerprint density at radius 2 is 1.56 bits per heavy atom. The van der Waals surface area contributed by atoms with Crippen LogP contribution in [0.1, 0.15) is 105 Å². The van der Waals surface area contributed by atoms with Gasteiger partial charge in [-0.3, -0.25) is 19.1 Å². The van der Waals surface area contributed by atoms with Gasteiger partial charge in [-0.25, -0.2) is 23.6 Å². The Kier molecular flexibility index (Phi) is 16.1. The molecular formula is C50H73F3N8O9Si2. The maximum absolute atomic E-state index is 16.6. The van der Waals surface area contributed by atoms with Crippen molar-refractivity contribution in [3.05, 3.63) is 80.5 Å². The molecule has 0 spiro atoms. The third-order valence-electron chi connectivity index (χ3n) is 14.7. The van der Waals surface area contributed by atoms with Gasteiger partial charge in [0.15, 0.2) is 22.5 Å². The number of carbonyl (C=O) groups is 2. The molecule has 2 aliphatic heterocycles. The van der Waals surface area contributed by atoms with Crippen LogP contribution in [-0.4, -0.2) is 124 Å². The molecule has 0 bridgehead atoms. The number of halogens is 3. The fourth-order valence-electron chi connectivity index (χ4n) is 8.27. The number of amides is 2. The lowest BCUT2D eigenvalue weighted by Gasteiger charge is -2.41. The average Bonchev–Trinajstić information content (AvgIpc) is 3.74. The zero-order valence-corrected chi connectivity index (χ0v) is 46.1. The molecular weight excluding hydrogens is 970 g/mol. The highest BCUT2D eigenvalue weighted by molar-refractivity contribution is 6.74. The number of alkyl halides is 2. The number of nitrogens with zero attached hydrogens (tertiary/aromatic N) is 6. The van der Waals surface area contributed by atoms with Gasteiger partial charge in [0.1, 0.15) is 35.3 Å². The number of nitrogens with one attached hydrogen (secondary N) is 2. The number of hydrogen-bond acceptors (Lipinski definition) is 12. The molecule has 72 heavy (non-hydrogen) atoms. The van der Waals surface area contributed by atoms with E-state index in [0.717, 1.165) is 15.3 Å². The van der Waals surface area contributed by atoms with Gasteiger partial charge in [-0.2, -0.15) is 18.9 Å². The first-order chi connectivity index (χ1) is 33.1. The highest BCUT2D eigenvalue weighted by Crippen LogP contribution is 2.49. The van der Waals surface area contributed by atoms with Gasteiger partial charge in [0.05, 0.1) is 17.9 Å². The fraction of sp³-hybridized carbons (Fsp3) is 0.600. The Labute approximate surface area is 421 Å². The summed E-state index contributed by atoms with van der Waals surface area (Å²) in [4.78, 5) is 60.8. The summed E-state index contributed by atoms with van der Waals surface area (Å²) in [5.41, 5.74) is -1.27. The van der Waals surface area contributed by atoms with Gasteiger partial charge in [-0.1, -0.05) is 75.3 Å². The third kappa shape index (κ3) is 12.3. The second kappa shape index (κ2) is 20.6. The summed E-state index contributed by atoms with van der Waals surface area (Å²) < 4.78 is 69.4. The molecule has 0 aliphatic carbocycles. The zero-order chi connectivity index (χ0) is 53.7. The van der Waals surface area contributed by atoms with E-state index in [1.54, 1.807) is 36.9 Å². The van der Waals surface area contributed by atoms with Crippen LogP contribution in [0.5, 0.6) is 11.5 Å². The summed E-state index contributed by atoms with van der Waals surface area (Å²) in [7, 11) is -5.17. The highest BCUT2D eigenvalue weighted by atomic mass is 28.4. The summed E-state index contributed by atoms with van der Waals surface area (Å²) in [6.07, 6.45) is -3.90. The van der Waals surface area contributed by atoms with Crippen LogP contribution in [0, 0.1) is 11.2 Å². The van der Waals surface area contributed by atoms with E-state index in [1.807, 2.05) is 86.5 Å². The minimum atomic E-state index is -3.65. The molecule has 0 unspecified atom stereocenters. The lowest BCUT2D eigenvalue weighted by atomic mass is 9.84. The van der Waals surface area contributed by atoms with Crippen molar-refractivity contribution in [2.45, 2.75) is 155 Å². The van der Waals surface area contributed by atoms with Gasteiger partial charge in [0, 0.05) is 63.4 Å². The van der Waals surface area contributed by atoms with E-state index in [0.29, 0.717) is 37.3 Å². The molecule has 2 fully saturated rings. The number of aromatic amines is 1. The Hall–Kier alpha value is -5.14. The van der Waals surface area contributed by atoms with E-state index < -0.39 is 74.6 Å². The van der Waals surface area contributed by atoms with Crippen molar-refractivity contribution in [3.63, 3.8) is 0 Å². The second-order valence-corrected chi connectivity index (χ2v) is 32.9. The lowest BCUT2D eigenvalue weighted by Crippen LogP contribution is -2.53. The number of benzene rings is 2. The van der Waals surface area contributed by atoms with Crippen molar-refractivity contribution >= 4 is 34.3 Å². The number of anilines is 1. The predicted molar refractivity (Wildman–Crippen MR) is 273 cm³/mol. The minimum absolute atomic E-state index is 0.0219. The molecule has 6 rings (SSSR count). The molecule has 3 atom stereocenters. The number of piperazine rings is 1. The average molecular weight is 1040 g/mol. The number of ether oxygens (including phenoxy) is 1. The molecule has 4 N–H and O–H groups in total. The van der Waals surface area contributed by atoms with Crippen molar-refractivity contribution in [1.82, 2.24) is 34.1 Å². The Morgan fingerprint density at radius 3 is 2.14 bits per heavy atom. The van der Waals surface area contributed by atoms with Gasteiger partial charge in [0.25, 0.3) is 0 Å². The summed E-state index contributed by atoms with van der Waals surface area (Å²) in [6, 6.07) is 8.35. The largest absolute Gasteiger partial charge is 0.508 e. The monoisotopic (exact) mass is 1040 g/mol. The van der Waals surface area contributed by atoms with E-state index in [-0.39, 0.29) is 77.2 Å². The van der Waals surface area contributed by atoms with Crippen LogP contribution in [0.4, 0.5) is 19.0 Å². The van der Waals surface area contributed by atoms with Crippen molar-refractivity contribution < 1.29 is 46.6 Å². The van der Waals surface area contributed by atoms with Crippen molar-refractivity contribution in [2.75, 3.05) is 38.1 Å². The summed E-state index contributed by atoms with van der Waals surface area (Å²) in [5.74, 6) is -5.53. The normalized spacial score (nSPS) is 19.3. The van der Waals surface area contributed by atoms with Gasteiger partial charge in [-0.05, 0) is 77.4 Å². The quantitative estimate of drug-likeness (QED) is 0.0780. The van der Waals surface area contributed by atoms with Gasteiger partial charge < -0.3 is 34.0 Å². The molecule has 17 nitrogen and oxygen atoms in total. The number of phenolic OH excluding ortho intramolecular Hbond substituents is 2. The molecule has 2 aromatic heterocycles. The number of phenols is 2. The first-order valence-corrected chi connectivity index (χ1v) is 30.2. The summed E-state index contributed by atoms with van der Waals surface area (Å²) >= 11 is 0. The van der Waals surface area contributed by atoms with Crippen LogP contribution in [0.25, 0.3) is 17.1 Å². The number of aromatic nitrogens is 5. The van der Waals surface area contributed by atoms with Crippen LogP contribution in [0.15, 0.2) is 52.2 Å². The van der Waals surface area contributed by atoms with Crippen molar-refractivity contribution in [3.8, 4) is 28.6 Å². The van der Waals surface area contributed by atoms with Crippen LogP contribution in [0.3, 0.4) is 0 Å². The van der Waals surface area contributed by atoms with Crippen molar-refractivity contribution in [2.24, 2.45) is 5.41 Å². The number of aromatic hydroxyl groups is 2. The first-order valence-electron chi connectivity index (χ1n) is 24.4. The summed E-state index contributed by atoms with van der Waals surface area (Å²) in [6.45, 7) is 28.8. The van der Waals surface area contributed by atoms with Gasteiger partial charge >= 0.3 is 17.3 Å². The Bertz CT molecular complexity index is 2760. The van der Waals surface area contributed by atoms with E-state index in [1.165, 1.54) is 18.2 Å². The van der Waals surface area contributed by atoms with Crippen LogP contribution in [-0.2, 0) is 29.7 Å². The maximum atomic E-state index is 16.6. The van der Waals surface area contributed by atoms with Gasteiger partial charge in [0.2, 0.25) is 18.0 Å². The van der Waals surface area contributed by atoms with Crippen LogP contribution < -0.4 is 16.7 Å². The topological polar surface area (TPSA) is 206 Å². The molecule has 4 aromatic rings. The molecule has 2 saturated heterocycles. The standard InChI is InChI=1S/C50H73F3N8O9Si2/c1-30(2)33-24-34(37(63)25-36(33)62)43-56-57-46(67)61(43)32-16-15-31(35(51)23-32)28-58-19-21-59(22-20-58)41(65)27-49(9,10)26-40(64)54-39-17-18-60(45(66)55-39)44-50(52,53)42(70-72(13,14)48(6,7)8)38(69-44)29-68-71(11,12)47(3,4)5/h15-18,23-25,30,38,42,44,62-63H,19-22,26-29H2,1-14H3,(H,57,67)(H,54,55,64,66)/t38-,42-,44-/m1/s1. The zero-order valence-electron chi connectivity index (χ0n) is 44.1. The number of carbonyl (C=O) groups excluding carboxylic acids is 2. The molecule has 0 radical (unpaired) electrons. The second-order valence-electron chi connectivity index (χ2n) is 23.3. The fourth-order valence-corrected chi connectivity index (χ4v) is 10.6. The summed E-state index contributed by atoms with van der Waals surface area (Å²) in [5, 5.41) is 29.4. The van der Waals surface area contributed by atoms with Crippen LogP contribution in [0.2, 0.25) is 36.3 Å². The van der Waals surface area contributed by atoms with E-state index in [9.17, 15) is 29.4 Å². The SMILES string of the molecule is CC(C)c1cc(-c2n[nH]c(=O)n2-c2ccc(CN3CCN(C(=O)CC(C)(C)CC(=O)Nc4ccn([C@@H]5O[C@H](CO[Si](C)(C)C(C)(C)C)[C@@H](O[Si](C)(C)C(C)(C)C)C5(F)F)c(=O)n4)CC3)c(F)c2)c(O)cc1O. The number of hydrogen-bond donors (Lipinski definition) is 4. The minimum Gasteiger partial charge on any atom is -0.508 e. The molecule has 4 heterocycles. The third-order valence-corrected chi connectivity index (χ3v) is 23.7. The van der Waals surface area contributed by atoms with Gasteiger partial charge in [-0.15, -0.1) is 0 Å². The van der Waals surface area contributed by atoms with E-state index in [4.69, 9.17) is 13.6 Å². The lowest BCUT2D eigenvalue weighted by molar-refractivity contribution is -0.138. The molecule has 0 saturated carbocycles. The Morgan fingerprint density at radius 1 is 0.917 bits per heavy atom. The van der Waals surface area contributed by atoms with Crippen LogP contribution >= 0.6 is 0 Å². The molecule has 22 heteroatoms.